The Morgan fingerprint density at radius 2 is 1.49 bits per heavy atom. The van der Waals surface area contributed by atoms with Crippen LogP contribution in [0.1, 0.15) is 95.5 Å². The van der Waals surface area contributed by atoms with Gasteiger partial charge in [0, 0.05) is 5.39 Å². The Morgan fingerprint density at radius 3 is 2.11 bits per heavy atom. The van der Waals surface area contributed by atoms with E-state index in [1.165, 1.54) is 44.9 Å². The van der Waals surface area contributed by atoms with Gasteiger partial charge in [-0.3, -0.25) is 0 Å². The number of halogens is 2. The maximum atomic E-state index is 15.1. The molecule has 35 heavy (non-hydrogen) atoms. The molecule has 2 aromatic rings. The van der Waals surface area contributed by atoms with Crippen molar-refractivity contribution in [2.24, 2.45) is 17.8 Å². The summed E-state index contributed by atoms with van der Waals surface area (Å²) >= 11 is 0. The van der Waals surface area contributed by atoms with Crippen molar-refractivity contribution >= 4 is 10.8 Å². The Labute approximate surface area is 210 Å². The van der Waals surface area contributed by atoms with Crippen molar-refractivity contribution in [3.8, 4) is 5.75 Å². The monoisotopic (exact) mass is 480 g/mol. The number of rotatable bonds is 10. The van der Waals surface area contributed by atoms with Crippen LogP contribution in [0, 0.1) is 29.4 Å². The lowest BCUT2D eigenvalue weighted by Gasteiger charge is -2.32. The molecule has 2 fully saturated rings. The van der Waals surface area contributed by atoms with Crippen molar-refractivity contribution in [2.45, 2.75) is 89.9 Å². The lowest BCUT2D eigenvalue weighted by Crippen LogP contribution is -2.18. The van der Waals surface area contributed by atoms with Crippen LogP contribution in [-0.4, -0.2) is 6.61 Å². The molecule has 4 rings (SSSR count). The normalized spacial score (nSPS) is 25.2. The van der Waals surface area contributed by atoms with Crippen molar-refractivity contribution in [3.05, 3.63) is 66.3 Å². The van der Waals surface area contributed by atoms with Crippen LogP contribution in [0.3, 0.4) is 0 Å². The van der Waals surface area contributed by atoms with Gasteiger partial charge in [0.05, 0.1) is 0 Å². The van der Waals surface area contributed by atoms with Crippen LogP contribution in [0.5, 0.6) is 5.75 Å². The molecule has 3 heteroatoms. The zero-order valence-corrected chi connectivity index (χ0v) is 21.4. The number of ether oxygens (including phenoxy) is 1. The number of hydrogen-bond donors (Lipinski definition) is 0. The fourth-order valence-corrected chi connectivity index (χ4v) is 6.35. The van der Waals surface area contributed by atoms with E-state index in [0.717, 1.165) is 55.2 Å². The van der Waals surface area contributed by atoms with Gasteiger partial charge in [0.25, 0.3) is 0 Å². The third-order valence-electron chi connectivity index (χ3n) is 8.62. The maximum Gasteiger partial charge on any atom is 0.167 e. The minimum absolute atomic E-state index is 0.121. The molecule has 0 atom stereocenters. The van der Waals surface area contributed by atoms with Crippen LogP contribution in [0.15, 0.2) is 49.1 Å². The molecule has 0 N–H and O–H groups in total. The highest BCUT2D eigenvalue weighted by atomic mass is 19.2. The second kappa shape index (κ2) is 12.7. The summed E-state index contributed by atoms with van der Waals surface area (Å²) in [6.07, 6.45) is 20.7. The molecule has 0 spiro atoms. The number of hydrogen-bond acceptors (Lipinski definition) is 1. The van der Waals surface area contributed by atoms with Gasteiger partial charge in [0.2, 0.25) is 0 Å². The maximum absolute atomic E-state index is 15.1. The zero-order chi connectivity index (χ0) is 24.6. The van der Waals surface area contributed by atoms with Gasteiger partial charge in [-0.1, -0.05) is 62.8 Å². The summed E-state index contributed by atoms with van der Waals surface area (Å²) < 4.78 is 35.8. The molecule has 2 aliphatic carbocycles. The Bertz CT molecular complexity index is 994. The summed E-state index contributed by atoms with van der Waals surface area (Å²) in [7, 11) is 0. The molecule has 0 heterocycles. The minimum Gasteiger partial charge on any atom is -0.490 e. The molecule has 0 amide bonds. The van der Waals surface area contributed by atoms with E-state index in [2.05, 4.69) is 12.7 Å². The lowest BCUT2D eigenvalue weighted by molar-refractivity contribution is 0.224. The predicted octanol–water partition coefficient (Wildman–Crippen LogP) is 9.90. The molecule has 2 saturated carbocycles. The molecule has 0 unspecified atom stereocenters. The molecule has 0 aromatic heterocycles. The van der Waals surface area contributed by atoms with Gasteiger partial charge in [0.15, 0.2) is 11.6 Å². The molecule has 0 aliphatic heterocycles. The Balaban J connectivity index is 1.29. The molecule has 0 radical (unpaired) electrons. The van der Waals surface area contributed by atoms with E-state index in [-0.39, 0.29) is 5.92 Å². The predicted molar refractivity (Wildman–Crippen MR) is 143 cm³/mol. The third kappa shape index (κ3) is 6.74. The molecule has 0 saturated heterocycles. The summed E-state index contributed by atoms with van der Waals surface area (Å²) in [6, 6.07) is 7.19. The van der Waals surface area contributed by atoms with Gasteiger partial charge < -0.3 is 4.74 Å². The van der Waals surface area contributed by atoms with Gasteiger partial charge in [0.1, 0.15) is 12.4 Å². The largest absolute Gasteiger partial charge is 0.490 e. The SMILES string of the molecule is C=CCCC1CCC(CCC2CCC(c3cc4ccc(OCC=CC)cc4c(F)c3F)CC2)CC1. The summed E-state index contributed by atoms with van der Waals surface area (Å²) in [5.41, 5.74) is 0.564. The summed E-state index contributed by atoms with van der Waals surface area (Å²) in [5, 5.41) is 1.06. The number of allylic oxidation sites excluding steroid dienone is 2. The van der Waals surface area contributed by atoms with Crippen LogP contribution in [0.2, 0.25) is 0 Å². The van der Waals surface area contributed by atoms with Gasteiger partial charge in [-0.05, 0) is 98.3 Å². The van der Waals surface area contributed by atoms with Crippen molar-refractivity contribution in [1.29, 1.82) is 0 Å². The molecular formula is C32H42F2O. The smallest absolute Gasteiger partial charge is 0.167 e. The fraction of sp³-hybridized carbons (Fsp3) is 0.562. The molecule has 2 aliphatic rings. The second-order valence-electron chi connectivity index (χ2n) is 10.9. The van der Waals surface area contributed by atoms with Crippen LogP contribution < -0.4 is 4.74 Å². The van der Waals surface area contributed by atoms with Crippen molar-refractivity contribution in [2.75, 3.05) is 6.61 Å². The molecule has 1 nitrogen and oxygen atoms in total. The fourth-order valence-electron chi connectivity index (χ4n) is 6.35. The van der Waals surface area contributed by atoms with Crippen molar-refractivity contribution in [1.82, 2.24) is 0 Å². The minimum atomic E-state index is -0.736. The molecule has 0 bridgehead atoms. The zero-order valence-electron chi connectivity index (χ0n) is 21.4. The topological polar surface area (TPSA) is 9.23 Å². The Hall–Kier alpha value is -2.16. The van der Waals surface area contributed by atoms with Crippen LogP contribution in [-0.2, 0) is 0 Å². The number of benzene rings is 2. The van der Waals surface area contributed by atoms with E-state index in [4.69, 9.17) is 4.74 Å². The van der Waals surface area contributed by atoms with E-state index < -0.39 is 11.6 Å². The van der Waals surface area contributed by atoms with Gasteiger partial charge >= 0.3 is 0 Å². The average molecular weight is 481 g/mol. The highest BCUT2D eigenvalue weighted by Gasteiger charge is 2.28. The van der Waals surface area contributed by atoms with Crippen molar-refractivity contribution < 1.29 is 13.5 Å². The first-order valence-electron chi connectivity index (χ1n) is 13.9. The van der Waals surface area contributed by atoms with E-state index in [1.54, 1.807) is 6.07 Å². The average Bonchev–Trinajstić information content (AvgIpc) is 2.89. The van der Waals surface area contributed by atoms with Crippen LogP contribution >= 0.6 is 0 Å². The second-order valence-corrected chi connectivity index (χ2v) is 10.9. The number of fused-ring (bicyclic) bond motifs is 1. The summed E-state index contributed by atoms with van der Waals surface area (Å²) in [5.74, 6) is 1.83. The standard InChI is InChI=1S/C32H42F2O/c1-3-5-7-23-8-10-24(11-9-23)12-13-25-14-16-26(17-15-25)29-21-27-18-19-28(35-20-6-4-2)22-30(27)32(34)31(29)33/h3-4,6,18-19,21-26H,1,5,7-17,20H2,2H3. The van der Waals surface area contributed by atoms with Crippen LogP contribution in [0.25, 0.3) is 10.8 Å². The highest BCUT2D eigenvalue weighted by Crippen LogP contribution is 2.42. The first-order chi connectivity index (χ1) is 17.1. The Morgan fingerprint density at radius 1 is 0.857 bits per heavy atom. The van der Waals surface area contributed by atoms with E-state index in [0.29, 0.717) is 23.3 Å². The Kier molecular flexibility index (Phi) is 9.40. The quantitative estimate of drug-likeness (QED) is 0.307. The summed E-state index contributed by atoms with van der Waals surface area (Å²) in [6.45, 7) is 6.20. The first-order valence-corrected chi connectivity index (χ1v) is 13.9. The summed E-state index contributed by atoms with van der Waals surface area (Å²) in [4.78, 5) is 0. The molecule has 190 valence electrons. The van der Waals surface area contributed by atoms with Gasteiger partial charge in [-0.15, -0.1) is 6.58 Å². The lowest BCUT2D eigenvalue weighted by atomic mass is 9.73. The van der Waals surface area contributed by atoms with E-state index in [9.17, 15) is 0 Å². The third-order valence-corrected chi connectivity index (χ3v) is 8.62. The molecule has 2 aromatic carbocycles. The van der Waals surface area contributed by atoms with E-state index in [1.807, 2.05) is 37.3 Å². The molecular weight excluding hydrogens is 438 g/mol. The van der Waals surface area contributed by atoms with Crippen molar-refractivity contribution in [3.63, 3.8) is 0 Å². The highest BCUT2D eigenvalue weighted by molar-refractivity contribution is 5.85. The van der Waals surface area contributed by atoms with Gasteiger partial charge in [-0.25, -0.2) is 8.78 Å². The van der Waals surface area contributed by atoms with Gasteiger partial charge in [-0.2, -0.15) is 0 Å². The van der Waals surface area contributed by atoms with E-state index >= 15 is 8.78 Å². The van der Waals surface area contributed by atoms with Crippen LogP contribution in [0.4, 0.5) is 8.78 Å². The first kappa shape index (κ1) is 25.9.